The summed E-state index contributed by atoms with van der Waals surface area (Å²) in [6.07, 6.45) is 3.60. The van der Waals surface area contributed by atoms with Gasteiger partial charge < -0.3 is 9.73 Å². The number of aromatic nitrogens is 2. The van der Waals surface area contributed by atoms with E-state index in [-0.39, 0.29) is 11.9 Å². The third-order valence-corrected chi connectivity index (χ3v) is 7.38. The summed E-state index contributed by atoms with van der Waals surface area (Å²) in [5, 5.41) is 7.67. The molecule has 3 aromatic carbocycles. The summed E-state index contributed by atoms with van der Waals surface area (Å²) in [5.41, 5.74) is 5.25. The first-order chi connectivity index (χ1) is 19.7. The molecule has 0 saturated carbocycles. The molecule has 0 atom stereocenters. The van der Waals surface area contributed by atoms with E-state index in [9.17, 15) is 4.79 Å². The largest absolute Gasteiger partial charge is 0.462 e. The number of benzene rings is 3. The van der Waals surface area contributed by atoms with Gasteiger partial charge in [-0.2, -0.15) is 5.10 Å². The van der Waals surface area contributed by atoms with E-state index < -0.39 is 0 Å². The van der Waals surface area contributed by atoms with E-state index in [2.05, 4.69) is 80.9 Å². The Morgan fingerprint density at radius 1 is 0.825 bits per heavy atom. The van der Waals surface area contributed by atoms with E-state index in [4.69, 9.17) is 4.42 Å². The molecule has 6 rings (SSSR count). The highest BCUT2D eigenvalue weighted by molar-refractivity contribution is 5.78. The molecule has 1 amide bonds. The van der Waals surface area contributed by atoms with Crippen LogP contribution in [0.15, 0.2) is 120 Å². The smallest absolute Gasteiger partial charge is 0.234 e. The maximum absolute atomic E-state index is 12.8. The number of carbonyl (C=O) groups excluding carboxylic acids is 1. The molecule has 3 heterocycles. The Kier molecular flexibility index (Phi) is 7.84. The third kappa shape index (κ3) is 6.06. The minimum atomic E-state index is 0.0206. The number of amides is 1. The fraction of sp³-hybridized carbons (Fsp3) is 0.212. The Labute approximate surface area is 234 Å². The van der Waals surface area contributed by atoms with Crippen LogP contribution in [0.4, 0.5) is 0 Å². The fourth-order valence-corrected chi connectivity index (χ4v) is 5.31. The minimum absolute atomic E-state index is 0.0206. The first kappa shape index (κ1) is 25.8. The third-order valence-electron chi connectivity index (χ3n) is 7.38. The van der Waals surface area contributed by atoms with E-state index >= 15 is 0 Å². The second-order valence-electron chi connectivity index (χ2n) is 10.1. The van der Waals surface area contributed by atoms with Crippen molar-refractivity contribution in [3.05, 3.63) is 132 Å². The van der Waals surface area contributed by atoms with Crippen LogP contribution in [0.1, 0.15) is 22.7 Å². The molecule has 0 aliphatic carbocycles. The molecule has 0 radical (unpaired) electrons. The van der Waals surface area contributed by atoms with Crippen molar-refractivity contribution < 1.29 is 9.21 Å². The molecule has 5 aromatic rings. The van der Waals surface area contributed by atoms with Crippen LogP contribution in [-0.4, -0.2) is 58.2 Å². The summed E-state index contributed by atoms with van der Waals surface area (Å²) < 4.78 is 7.57. The Bertz CT molecular complexity index is 1470. The molecule has 0 unspecified atom stereocenters. The minimum Gasteiger partial charge on any atom is -0.462 e. The number of piperazine rings is 1. The summed E-state index contributed by atoms with van der Waals surface area (Å²) in [6, 6.07) is 35.4. The maximum Gasteiger partial charge on any atom is 0.234 e. The summed E-state index contributed by atoms with van der Waals surface area (Å²) >= 11 is 0. The summed E-state index contributed by atoms with van der Waals surface area (Å²) in [6.45, 7) is 4.32. The lowest BCUT2D eigenvalue weighted by molar-refractivity contribution is -0.122. The second kappa shape index (κ2) is 12.2. The molecular weight excluding hydrogens is 498 g/mol. The Balaban J connectivity index is 1.00. The van der Waals surface area contributed by atoms with Gasteiger partial charge in [0.2, 0.25) is 5.91 Å². The Morgan fingerprint density at radius 3 is 2.10 bits per heavy atom. The standard InChI is InChI=1S/C33H33N5O2/c39-32(34-23-26-22-31(40-25-26)30-16-17-38(35-30)29-14-8-3-9-15-29)24-36-18-20-37(21-19-36)33(27-10-4-1-5-11-27)28-12-6-2-7-13-28/h1-17,22,25,33H,18-21,23-24H2,(H,34,39). The van der Waals surface area contributed by atoms with Gasteiger partial charge in [-0.3, -0.25) is 14.6 Å². The number of nitrogens with one attached hydrogen (secondary N) is 1. The molecule has 1 saturated heterocycles. The Hall–Kier alpha value is -4.46. The molecule has 7 nitrogen and oxygen atoms in total. The monoisotopic (exact) mass is 531 g/mol. The van der Waals surface area contributed by atoms with Gasteiger partial charge in [0, 0.05) is 44.5 Å². The zero-order valence-corrected chi connectivity index (χ0v) is 22.4. The van der Waals surface area contributed by atoms with Gasteiger partial charge in [0.1, 0.15) is 5.69 Å². The molecule has 7 heteroatoms. The summed E-state index contributed by atoms with van der Waals surface area (Å²) in [7, 11) is 0. The van der Waals surface area contributed by atoms with Gasteiger partial charge in [0.05, 0.1) is 24.5 Å². The molecule has 40 heavy (non-hydrogen) atoms. The fourth-order valence-electron chi connectivity index (χ4n) is 5.31. The SMILES string of the molecule is O=C(CN1CCN(C(c2ccccc2)c2ccccc2)CC1)NCc1coc(-c2ccn(-c3ccccc3)n2)c1. The van der Waals surface area contributed by atoms with Gasteiger partial charge in [-0.25, -0.2) is 4.68 Å². The molecule has 0 spiro atoms. The average molecular weight is 532 g/mol. The van der Waals surface area contributed by atoms with Gasteiger partial charge >= 0.3 is 0 Å². The van der Waals surface area contributed by atoms with E-state index in [1.807, 2.05) is 53.3 Å². The topological polar surface area (TPSA) is 66.5 Å². The van der Waals surface area contributed by atoms with Crippen molar-refractivity contribution in [3.63, 3.8) is 0 Å². The van der Waals surface area contributed by atoms with Gasteiger partial charge in [-0.15, -0.1) is 0 Å². The number of rotatable bonds is 9. The number of hydrogen-bond donors (Lipinski definition) is 1. The zero-order valence-electron chi connectivity index (χ0n) is 22.4. The van der Waals surface area contributed by atoms with E-state index in [1.54, 1.807) is 6.26 Å². The normalized spacial score (nSPS) is 14.4. The maximum atomic E-state index is 12.8. The number of hydrogen-bond acceptors (Lipinski definition) is 5. The van der Waals surface area contributed by atoms with Gasteiger partial charge in [-0.1, -0.05) is 78.9 Å². The molecule has 202 valence electrons. The van der Waals surface area contributed by atoms with Crippen LogP contribution in [0.25, 0.3) is 17.1 Å². The van der Waals surface area contributed by atoms with Crippen LogP contribution in [0.5, 0.6) is 0 Å². The predicted molar refractivity (Wildman–Crippen MR) is 156 cm³/mol. The quantitative estimate of drug-likeness (QED) is 0.285. The lowest BCUT2D eigenvalue weighted by Gasteiger charge is -2.39. The molecule has 0 bridgehead atoms. The molecule has 1 aliphatic rings. The van der Waals surface area contributed by atoms with Crippen LogP contribution in [0.2, 0.25) is 0 Å². The van der Waals surface area contributed by atoms with Crippen molar-refractivity contribution in [2.45, 2.75) is 12.6 Å². The van der Waals surface area contributed by atoms with Crippen LogP contribution in [0, 0.1) is 0 Å². The number of para-hydroxylation sites is 1. The average Bonchev–Trinajstić information content (AvgIpc) is 3.69. The summed E-state index contributed by atoms with van der Waals surface area (Å²) in [5.74, 6) is 0.702. The second-order valence-corrected chi connectivity index (χ2v) is 10.1. The van der Waals surface area contributed by atoms with Crippen LogP contribution >= 0.6 is 0 Å². The molecule has 1 N–H and O–H groups in total. The highest BCUT2D eigenvalue weighted by Crippen LogP contribution is 2.29. The molecule has 2 aromatic heterocycles. The van der Waals surface area contributed by atoms with E-state index in [1.165, 1.54) is 11.1 Å². The lowest BCUT2D eigenvalue weighted by Crippen LogP contribution is -2.50. The molecular formula is C33H33N5O2. The van der Waals surface area contributed by atoms with Crippen molar-refractivity contribution in [2.24, 2.45) is 0 Å². The highest BCUT2D eigenvalue weighted by atomic mass is 16.3. The van der Waals surface area contributed by atoms with Crippen molar-refractivity contribution in [2.75, 3.05) is 32.7 Å². The van der Waals surface area contributed by atoms with E-state index in [0.717, 1.165) is 43.1 Å². The van der Waals surface area contributed by atoms with Gasteiger partial charge in [0.15, 0.2) is 5.76 Å². The van der Waals surface area contributed by atoms with Crippen LogP contribution in [-0.2, 0) is 11.3 Å². The lowest BCUT2D eigenvalue weighted by atomic mass is 9.96. The van der Waals surface area contributed by atoms with Crippen LogP contribution < -0.4 is 5.32 Å². The summed E-state index contributed by atoms with van der Waals surface area (Å²) in [4.78, 5) is 17.5. The predicted octanol–water partition coefficient (Wildman–Crippen LogP) is 5.16. The number of furan rings is 1. The van der Waals surface area contributed by atoms with Gasteiger partial charge in [0.25, 0.3) is 0 Å². The first-order valence-electron chi connectivity index (χ1n) is 13.7. The van der Waals surface area contributed by atoms with Crippen LogP contribution in [0.3, 0.4) is 0 Å². The Morgan fingerprint density at radius 2 is 1.45 bits per heavy atom. The van der Waals surface area contributed by atoms with E-state index in [0.29, 0.717) is 18.8 Å². The van der Waals surface area contributed by atoms with Crippen molar-refractivity contribution in [1.29, 1.82) is 0 Å². The zero-order chi connectivity index (χ0) is 27.1. The van der Waals surface area contributed by atoms with Crippen molar-refractivity contribution >= 4 is 5.91 Å². The number of carbonyl (C=O) groups is 1. The first-order valence-corrected chi connectivity index (χ1v) is 13.7. The molecule has 1 aliphatic heterocycles. The molecule has 1 fully saturated rings. The number of nitrogens with zero attached hydrogens (tertiary/aromatic N) is 4. The van der Waals surface area contributed by atoms with Gasteiger partial charge in [-0.05, 0) is 35.4 Å². The highest BCUT2D eigenvalue weighted by Gasteiger charge is 2.27. The van der Waals surface area contributed by atoms with Crippen molar-refractivity contribution in [3.8, 4) is 17.1 Å². The van der Waals surface area contributed by atoms with Crippen molar-refractivity contribution in [1.82, 2.24) is 24.9 Å².